The van der Waals surface area contributed by atoms with Crippen LogP contribution in [0.5, 0.6) is 0 Å². The van der Waals surface area contributed by atoms with Crippen molar-refractivity contribution in [3.05, 3.63) is 47.0 Å². The van der Waals surface area contributed by atoms with Crippen LogP contribution in [-0.4, -0.2) is 43.1 Å². The number of halogens is 2. The average Bonchev–Trinajstić information content (AvgIpc) is 2.81. The number of aromatic nitrogens is 2. The van der Waals surface area contributed by atoms with Gasteiger partial charge in [0.2, 0.25) is 10.0 Å². The van der Waals surface area contributed by atoms with Crippen molar-refractivity contribution in [2.75, 3.05) is 20.6 Å². The van der Waals surface area contributed by atoms with Crippen molar-refractivity contribution in [3.8, 4) is 11.1 Å². The van der Waals surface area contributed by atoms with E-state index in [1.807, 2.05) is 0 Å². The number of nitrogens with two attached hydrogens (primary N) is 1. The summed E-state index contributed by atoms with van der Waals surface area (Å²) in [5.41, 5.74) is 7.03. The minimum Gasteiger partial charge on any atom is -0.327 e. The fourth-order valence-electron chi connectivity index (χ4n) is 2.34. The Balaban J connectivity index is 2.50. The van der Waals surface area contributed by atoms with Gasteiger partial charge in [0.05, 0.1) is 17.1 Å². The molecule has 1 aromatic carbocycles. The summed E-state index contributed by atoms with van der Waals surface area (Å²) in [6.07, 6.45) is 1.25. The van der Waals surface area contributed by atoms with Crippen LogP contribution in [0.15, 0.2) is 41.1 Å². The number of sulfonamides is 1. The number of allylic oxidation sites excluding steroid dienone is 1. The van der Waals surface area contributed by atoms with E-state index < -0.39 is 15.9 Å². The molecule has 0 spiro atoms. The largest absolute Gasteiger partial charge is 0.327 e. The van der Waals surface area contributed by atoms with Crippen molar-refractivity contribution in [1.82, 2.24) is 14.1 Å². The lowest BCUT2D eigenvalue weighted by Gasteiger charge is -2.12. The Morgan fingerprint density at radius 2 is 2.12 bits per heavy atom. The van der Waals surface area contributed by atoms with Gasteiger partial charge in [0.1, 0.15) is 11.0 Å². The van der Waals surface area contributed by atoms with Crippen LogP contribution in [0.4, 0.5) is 4.39 Å². The number of rotatable bonds is 6. The lowest BCUT2D eigenvalue weighted by atomic mass is 10.1. The minimum atomic E-state index is -3.57. The van der Waals surface area contributed by atoms with Crippen molar-refractivity contribution in [2.24, 2.45) is 5.73 Å². The molecule has 2 rings (SSSR count). The van der Waals surface area contributed by atoms with Gasteiger partial charge >= 0.3 is 0 Å². The van der Waals surface area contributed by atoms with E-state index in [1.165, 1.54) is 37.0 Å². The molecule has 0 radical (unpaired) electrons. The van der Waals surface area contributed by atoms with Gasteiger partial charge in [-0.05, 0) is 30.7 Å². The van der Waals surface area contributed by atoms with Gasteiger partial charge in [0.25, 0.3) is 0 Å². The molecule has 1 heterocycles. The molecule has 6 nitrogen and oxygen atoms in total. The highest BCUT2D eigenvalue weighted by Crippen LogP contribution is 2.33. The molecule has 0 bridgehead atoms. The summed E-state index contributed by atoms with van der Waals surface area (Å²) >= 11 is 6.35. The van der Waals surface area contributed by atoms with E-state index in [0.29, 0.717) is 16.8 Å². The summed E-state index contributed by atoms with van der Waals surface area (Å²) in [6, 6.07) is 6.41. The van der Waals surface area contributed by atoms with Gasteiger partial charge in [-0.25, -0.2) is 21.8 Å². The smallest absolute Gasteiger partial charge is 0.242 e. The first-order chi connectivity index (χ1) is 11.7. The highest BCUT2D eigenvalue weighted by atomic mass is 35.5. The lowest BCUT2D eigenvalue weighted by molar-refractivity contribution is 0.520. The van der Waals surface area contributed by atoms with Crippen LogP contribution in [0.2, 0.25) is 5.15 Å². The number of hydrogen-bond donors (Lipinski definition) is 1. The first-order valence-electron chi connectivity index (χ1n) is 7.49. The van der Waals surface area contributed by atoms with Crippen molar-refractivity contribution < 1.29 is 12.8 Å². The Morgan fingerprint density at radius 3 is 2.72 bits per heavy atom. The zero-order valence-corrected chi connectivity index (χ0v) is 15.8. The molecule has 0 aliphatic heterocycles. The minimum absolute atomic E-state index is 0.0843. The van der Waals surface area contributed by atoms with E-state index in [-0.39, 0.29) is 23.1 Å². The molecule has 2 aromatic rings. The van der Waals surface area contributed by atoms with Gasteiger partial charge in [0.15, 0.2) is 0 Å². The summed E-state index contributed by atoms with van der Waals surface area (Å²) < 4.78 is 40.8. The predicted molar refractivity (Wildman–Crippen MR) is 96.5 cm³/mol. The Morgan fingerprint density at radius 1 is 1.44 bits per heavy atom. The van der Waals surface area contributed by atoms with Crippen LogP contribution in [0.1, 0.15) is 5.69 Å². The van der Waals surface area contributed by atoms with Gasteiger partial charge in [-0.3, -0.25) is 0 Å². The van der Waals surface area contributed by atoms with Crippen LogP contribution in [-0.2, 0) is 16.6 Å². The normalized spacial score (nSPS) is 12.8. The second-order valence-corrected chi connectivity index (χ2v) is 8.12. The summed E-state index contributed by atoms with van der Waals surface area (Å²) in [6.45, 7) is 1.68. The molecule has 2 N–H and O–H groups in total. The van der Waals surface area contributed by atoms with E-state index in [4.69, 9.17) is 17.3 Å². The van der Waals surface area contributed by atoms with E-state index >= 15 is 0 Å². The lowest BCUT2D eigenvalue weighted by Crippen LogP contribution is -2.22. The molecule has 9 heteroatoms. The summed E-state index contributed by atoms with van der Waals surface area (Å²) in [4.78, 5) is 0.146. The third-order valence-electron chi connectivity index (χ3n) is 3.61. The molecule has 0 aliphatic rings. The SMILES string of the molecule is Cc1nn(C/C(F)=C/CN)c(Cl)c1-c1cccc(S(=O)(=O)N(C)C)c1. The number of hydrogen-bond acceptors (Lipinski definition) is 4. The molecular formula is C16H20ClFN4O2S. The first kappa shape index (κ1) is 19.6. The van der Waals surface area contributed by atoms with E-state index in [9.17, 15) is 12.8 Å². The third-order valence-corrected chi connectivity index (χ3v) is 5.80. The van der Waals surface area contributed by atoms with E-state index in [0.717, 1.165) is 4.31 Å². The zero-order chi connectivity index (χ0) is 18.8. The molecule has 0 aliphatic carbocycles. The molecule has 0 unspecified atom stereocenters. The van der Waals surface area contributed by atoms with E-state index in [1.54, 1.807) is 19.1 Å². The molecule has 0 saturated carbocycles. The predicted octanol–water partition coefficient (Wildman–Crippen LogP) is 2.57. The maximum atomic E-state index is 13.7. The second-order valence-electron chi connectivity index (χ2n) is 5.61. The summed E-state index contributed by atoms with van der Waals surface area (Å²) in [5.74, 6) is -0.442. The topological polar surface area (TPSA) is 81.2 Å². The summed E-state index contributed by atoms with van der Waals surface area (Å²) in [7, 11) is -0.646. The van der Waals surface area contributed by atoms with Gasteiger partial charge in [-0.15, -0.1) is 0 Å². The Hall–Kier alpha value is -1.74. The molecule has 0 saturated heterocycles. The van der Waals surface area contributed by atoms with Crippen molar-refractivity contribution in [3.63, 3.8) is 0 Å². The van der Waals surface area contributed by atoms with Gasteiger partial charge in [-0.1, -0.05) is 23.7 Å². The number of nitrogens with zero attached hydrogens (tertiary/aromatic N) is 3. The van der Waals surface area contributed by atoms with Crippen LogP contribution in [0.25, 0.3) is 11.1 Å². The second kappa shape index (κ2) is 7.65. The Bertz CT molecular complexity index is 907. The molecular weight excluding hydrogens is 367 g/mol. The molecule has 136 valence electrons. The molecule has 0 amide bonds. The Labute approximate surface area is 151 Å². The fraction of sp³-hybridized carbons (Fsp3) is 0.312. The molecule has 1 aromatic heterocycles. The van der Waals surface area contributed by atoms with Crippen molar-refractivity contribution in [2.45, 2.75) is 18.4 Å². The van der Waals surface area contributed by atoms with Crippen LogP contribution < -0.4 is 5.73 Å². The maximum Gasteiger partial charge on any atom is 0.242 e. The van der Waals surface area contributed by atoms with Gasteiger partial charge < -0.3 is 5.73 Å². The monoisotopic (exact) mass is 386 g/mol. The molecule has 0 atom stereocenters. The number of aryl methyl sites for hydroxylation is 1. The van der Waals surface area contributed by atoms with Gasteiger partial charge in [0, 0.05) is 26.2 Å². The van der Waals surface area contributed by atoms with Crippen LogP contribution >= 0.6 is 11.6 Å². The van der Waals surface area contributed by atoms with Crippen molar-refractivity contribution in [1.29, 1.82) is 0 Å². The van der Waals surface area contributed by atoms with Crippen LogP contribution in [0, 0.1) is 6.92 Å². The van der Waals surface area contributed by atoms with Crippen LogP contribution in [0.3, 0.4) is 0 Å². The van der Waals surface area contributed by atoms with Gasteiger partial charge in [-0.2, -0.15) is 5.10 Å². The third kappa shape index (κ3) is 4.09. The quantitative estimate of drug-likeness (QED) is 0.827. The first-order valence-corrected chi connectivity index (χ1v) is 9.30. The highest BCUT2D eigenvalue weighted by Gasteiger charge is 2.21. The summed E-state index contributed by atoms with van der Waals surface area (Å²) in [5, 5.41) is 4.47. The number of benzene rings is 1. The zero-order valence-electron chi connectivity index (χ0n) is 14.2. The Kier molecular flexibility index (Phi) is 5.99. The molecule has 25 heavy (non-hydrogen) atoms. The maximum absolute atomic E-state index is 13.7. The standard InChI is InChI=1S/C16H20ClFN4O2S/c1-11-15(16(17)22(20-11)10-13(18)7-8-19)12-5-4-6-14(9-12)25(23,24)21(2)3/h4-7,9H,8,10,19H2,1-3H3/b13-7-. The average molecular weight is 387 g/mol. The van der Waals surface area contributed by atoms with E-state index in [2.05, 4.69) is 5.10 Å². The molecule has 0 fully saturated rings. The van der Waals surface area contributed by atoms with Crippen molar-refractivity contribution >= 4 is 21.6 Å². The fourth-order valence-corrected chi connectivity index (χ4v) is 3.64. The highest BCUT2D eigenvalue weighted by molar-refractivity contribution is 7.89.